The summed E-state index contributed by atoms with van der Waals surface area (Å²) in [5.41, 5.74) is 0. The highest BCUT2D eigenvalue weighted by atomic mass is 16.4. The van der Waals surface area contributed by atoms with E-state index in [1.807, 2.05) is 0 Å². The summed E-state index contributed by atoms with van der Waals surface area (Å²) in [6.07, 6.45) is 4.53. The van der Waals surface area contributed by atoms with Crippen molar-refractivity contribution in [3.63, 3.8) is 0 Å². The summed E-state index contributed by atoms with van der Waals surface area (Å²) in [6.45, 7) is 7.04. The molecule has 0 spiro atoms. The highest BCUT2D eigenvalue weighted by Crippen LogP contribution is 2.25. The highest BCUT2D eigenvalue weighted by molar-refractivity contribution is 5.70. The van der Waals surface area contributed by atoms with Crippen molar-refractivity contribution in [1.29, 1.82) is 0 Å². The minimum atomic E-state index is -0.660. The van der Waals surface area contributed by atoms with Crippen LogP contribution >= 0.6 is 0 Å². The van der Waals surface area contributed by atoms with Gasteiger partial charge in [0.2, 0.25) is 0 Å². The lowest BCUT2D eigenvalue weighted by molar-refractivity contribution is -0.142. The van der Waals surface area contributed by atoms with Crippen molar-refractivity contribution in [2.75, 3.05) is 6.54 Å². The second-order valence-corrected chi connectivity index (χ2v) is 5.59. The summed E-state index contributed by atoms with van der Waals surface area (Å²) in [7, 11) is 0. The Hall–Kier alpha value is -0.570. The average Bonchev–Trinajstić information content (AvgIpc) is 2.57. The van der Waals surface area contributed by atoms with E-state index in [0.717, 1.165) is 6.42 Å². The van der Waals surface area contributed by atoms with E-state index in [1.165, 1.54) is 19.3 Å². The first kappa shape index (κ1) is 13.5. The molecule has 0 bridgehead atoms. The minimum Gasteiger partial charge on any atom is -0.481 e. The molecule has 1 rings (SSSR count). The quantitative estimate of drug-likeness (QED) is 0.733. The van der Waals surface area contributed by atoms with Crippen LogP contribution in [0.4, 0.5) is 0 Å². The van der Waals surface area contributed by atoms with Gasteiger partial charge >= 0.3 is 5.97 Å². The van der Waals surface area contributed by atoms with Crippen LogP contribution in [0, 0.1) is 17.8 Å². The number of hydrogen-bond acceptors (Lipinski definition) is 2. The van der Waals surface area contributed by atoms with Crippen molar-refractivity contribution in [3.05, 3.63) is 0 Å². The summed E-state index contributed by atoms with van der Waals surface area (Å²) in [5, 5.41) is 12.6. The zero-order valence-electron chi connectivity index (χ0n) is 10.7. The van der Waals surface area contributed by atoms with Crippen molar-refractivity contribution in [2.24, 2.45) is 17.8 Å². The molecule has 1 aliphatic rings. The van der Waals surface area contributed by atoms with Crippen LogP contribution in [0.25, 0.3) is 0 Å². The van der Waals surface area contributed by atoms with Gasteiger partial charge in [0.05, 0.1) is 5.92 Å². The van der Waals surface area contributed by atoms with Crippen LogP contribution in [0.1, 0.15) is 46.5 Å². The summed E-state index contributed by atoms with van der Waals surface area (Å²) in [5.74, 6) is 0.261. The molecule has 16 heavy (non-hydrogen) atoms. The van der Waals surface area contributed by atoms with Gasteiger partial charge in [0.25, 0.3) is 0 Å². The van der Waals surface area contributed by atoms with Crippen LogP contribution in [-0.4, -0.2) is 23.7 Å². The maximum Gasteiger partial charge on any atom is 0.307 e. The van der Waals surface area contributed by atoms with Gasteiger partial charge in [0.15, 0.2) is 0 Å². The average molecular weight is 227 g/mol. The summed E-state index contributed by atoms with van der Waals surface area (Å²) >= 11 is 0. The molecule has 1 aliphatic carbocycles. The first-order valence-electron chi connectivity index (χ1n) is 6.47. The first-order valence-corrected chi connectivity index (χ1v) is 6.47. The van der Waals surface area contributed by atoms with Crippen LogP contribution < -0.4 is 5.32 Å². The Balaban J connectivity index is 2.34. The van der Waals surface area contributed by atoms with Crippen molar-refractivity contribution >= 4 is 5.97 Å². The molecule has 0 aromatic heterocycles. The summed E-state index contributed by atoms with van der Waals surface area (Å²) < 4.78 is 0. The second kappa shape index (κ2) is 6.24. The highest BCUT2D eigenvalue weighted by Gasteiger charge is 2.25. The number of carboxylic acid groups (broad SMARTS) is 1. The van der Waals surface area contributed by atoms with E-state index in [1.54, 1.807) is 0 Å². The van der Waals surface area contributed by atoms with Crippen molar-refractivity contribution in [3.8, 4) is 0 Å². The van der Waals surface area contributed by atoms with Gasteiger partial charge in [-0.1, -0.05) is 27.2 Å². The van der Waals surface area contributed by atoms with Gasteiger partial charge in [-0.2, -0.15) is 0 Å². The van der Waals surface area contributed by atoms with E-state index in [2.05, 4.69) is 26.1 Å². The lowest BCUT2D eigenvalue weighted by Crippen LogP contribution is -2.37. The Bertz CT molecular complexity index is 228. The van der Waals surface area contributed by atoms with E-state index in [9.17, 15) is 4.79 Å². The van der Waals surface area contributed by atoms with Crippen molar-refractivity contribution in [1.82, 2.24) is 5.32 Å². The monoisotopic (exact) mass is 227 g/mol. The van der Waals surface area contributed by atoms with Gasteiger partial charge in [-0.3, -0.25) is 4.79 Å². The van der Waals surface area contributed by atoms with Gasteiger partial charge in [-0.25, -0.2) is 0 Å². The van der Waals surface area contributed by atoms with Crippen LogP contribution in [0.2, 0.25) is 0 Å². The fourth-order valence-electron chi connectivity index (χ4n) is 2.58. The number of carboxylic acids is 1. The van der Waals surface area contributed by atoms with Crippen molar-refractivity contribution in [2.45, 2.75) is 52.5 Å². The van der Waals surface area contributed by atoms with Crippen LogP contribution in [-0.2, 0) is 4.79 Å². The molecular weight excluding hydrogens is 202 g/mol. The zero-order chi connectivity index (χ0) is 12.1. The normalized spacial score (nSPS) is 27.2. The van der Waals surface area contributed by atoms with Gasteiger partial charge in [0, 0.05) is 12.6 Å². The fraction of sp³-hybridized carbons (Fsp3) is 0.923. The maximum absolute atomic E-state index is 11.1. The Kier molecular flexibility index (Phi) is 5.26. The standard InChI is InChI=1S/C13H25NO2/c1-9(2)7-11(13(15)16)8-14-12-6-4-5-10(12)3/h9-12,14H,4-8H2,1-3H3,(H,15,16). The van der Waals surface area contributed by atoms with E-state index in [0.29, 0.717) is 24.4 Å². The predicted molar refractivity (Wildman–Crippen MR) is 65.4 cm³/mol. The molecule has 3 heteroatoms. The third-order valence-electron chi connectivity index (χ3n) is 3.59. The molecule has 0 aliphatic heterocycles. The number of rotatable bonds is 6. The lowest BCUT2D eigenvalue weighted by atomic mass is 9.96. The Morgan fingerprint density at radius 1 is 1.44 bits per heavy atom. The molecule has 2 N–H and O–H groups in total. The molecule has 0 saturated heterocycles. The van der Waals surface area contributed by atoms with Gasteiger partial charge < -0.3 is 10.4 Å². The number of aliphatic carboxylic acids is 1. The molecule has 0 amide bonds. The largest absolute Gasteiger partial charge is 0.481 e. The molecule has 3 atom stereocenters. The van der Waals surface area contributed by atoms with E-state index in [-0.39, 0.29) is 5.92 Å². The Morgan fingerprint density at radius 3 is 2.56 bits per heavy atom. The number of nitrogens with one attached hydrogen (secondary N) is 1. The minimum absolute atomic E-state index is 0.229. The second-order valence-electron chi connectivity index (χ2n) is 5.59. The smallest absolute Gasteiger partial charge is 0.307 e. The van der Waals surface area contributed by atoms with Crippen LogP contribution in [0.3, 0.4) is 0 Å². The third kappa shape index (κ3) is 4.12. The summed E-state index contributed by atoms with van der Waals surface area (Å²) in [4.78, 5) is 11.1. The third-order valence-corrected chi connectivity index (χ3v) is 3.59. The molecular formula is C13H25NO2. The molecule has 1 saturated carbocycles. The van der Waals surface area contributed by atoms with E-state index in [4.69, 9.17) is 5.11 Å². The van der Waals surface area contributed by atoms with Gasteiger partial charge in [-0.15, -0.1) is 0 Å². The topological polar surface area (TPSA) is 49.3 Å². The first-order chi connectivity index (χ1) is 7.50. The molecule has 3 unspecified atom stereocenters. The van der Waals surface area contributed by atoms with E-state index < -0.39 is 5.97 Å². The van der Waals surface area contributed by atoms with Crippen LogP contribution in [0.15, 0.2) is 0 Å². The Labute approximate surface area is 98.6 Å². The molecule has 94 valence electrons. The number of carbonyl (C=O) groups is 1. The molecule has 1 fully saturated rings. The maximum atomic E-state index is 11.1. The SMILES string of the molecule is CC(C)CC(CNC1CCCC1C)C(=O)O. The molecule has 0 radical (unpaired) electrons. The fourth-order valence-corrected chi connectivity index (χ4v) is 2.58. The molecule has 3 nitrogen and oxygen atoms in total. The lowest BCUT2D eigenvalue weighted by Gasteiger charge is -2.21. The van der Waals surface area contributed by atoms with Crippen molar-refractivity contribution < 1.29 is 9.90 Å². The molecule has 0 heterocycles. The molecule has 0 aromatic carbocycles. The predicted octanol–water partition coefficient (Wildman–Crippen LogP) is 2.51. The summed E-state index contributed by atoms with van der Waals surface area (Å²) in [6, 6.07) is 0.536. The zero-order valence-corrected chi connectivity index (χ0v) is 10.7. The van der Waals surface area contributed by atoms with E-state index >= 15 is 0 Å². The van der Waals surface area contributed by atoms with Gasteiger partial charge in [0.1, 0.15) is 0 Å². The molecule has 0 aromatic rings. The number of hydrogen-bond donors (Lipinski definition) is 2. The van der Waals surface area contributed by atoms with Crippen LogP contribution in [0.5, 0.6) is 0 Å². The van der Waals surface area contributed by atoms with Gasteiger partial charge in [-0.05, 0) is 31.1 Å². The Morgan fingerprint density at radius 2 is 2.12 bits per heavy atom.